The van der Waals surface area contributed by atoms with E-state index in [0.717, 1.165) is 5.56 Å². The molecule has 0 spiro atoms. The highest BCUT2D eigenvalue weighted by Crippen LogP contribution is 2.14. The van der Waals surface area contributed by atoms with Gasteiger partial charge in [0.25, 0.3) is 0 Å². The molecule has 2 heterocycles. The molecule has 7 nitrogen and oxygen atoms in total. The highest BCUT2D eigenvalue weighted by molar-refractivity contribution is 7.89. The molecule has 1 aliphatic rings. The van der Waals surface area contributed by atoms with Gasteiger partial charge in [-0.3, -0.25) is 4.98 Å². The van der Waals surface area contributed by atoms with Crippen molar-refractivity contribution in [2.75, 3.05) is 18.8 Å². The number of amides is 2. The Kier molecular flexibility index (Phi) is 5.73. The van der Waals surface area contributed by atoms with Gasteiger partial charge in [0.15, 0.2) is 0 Å². The number of nitrogens with zero attached hydrogens (tertiary/aromatic N) is 2. The van der Waals surface area contributed by atoms with Gasteiger partial charge in [-0.05, 0) is 31.4 Å². The quantitative estimate of drug-likeness (QED) is 0.833. The number of carbonyl (C=O) groups excluding carboxylic acids is 1. The summed E-state index contributed by atoms with van der Waals surface area (Å²) in [6, 6.07) is 3.48. The summed E-state index contributed by atoms with van der Waals surface area (Å²) >= 11 is 0. The Morgan fingerprint density at radius 2 is 2.14 bits per heavy atom. The maximum Gasteiger partial charge on any atom is 0.315 e. The van der Waals surface area contributed by atoms with Gasteiger partial charge in [-0.1, -0.05) is 6.07 Å². The molecule has 2 N–H and O–H groups in total. The van der Waals surface area contributed by atoms with E-state index in [2.05, 4.69) is 15.6 Å². The van der Waals surface area contributed by atoms with Crippen LogP contribution in [0.4, 0.5) is 4.79 Å². The van der Waals surface area contributed by atoms with Gasteiger partial charge < -0.3 is 10.6 Å². The summed E-state index contributed by atoms with van der Waals surface area (Å²) in [5.74, 6) is 0.122. The van der Waals surface area contributed by atoms with Crippen molar-refractivity contribution < 1.29 is 13.2 Å². The highest BCUT2D eigenvalue weighted by Gasteiger charge is 2.27. The number of rotatable bonds is 5. The number of piperidine rings is 1. The van der Waals surface area contributed by atoms with E-state index in [9.17, 15) is 13.2 Å². The summed E-state index contributed by atoms with van der Waals surface area (Å²) in [7, 11) is -3.12. The van der Waals surface area contributed by atoms with Crippen LogP contribution in [0, 0.1) is 0 Å². The smallest absolute Gasteiger partial charge is 0.315 e. The van der Waals surface area contributed by atoms with Crippen LogP contribution in [-0.2, 0) is 16.6 Å². The molecule has 0 atom stereocenters. The van der Waals surface area contributed by atoms with Crippen molar-refractivity contribution >= 4 is 16.1 Å². The van der Waals surface area contributed by atoms with E-state index >= 15 is 0 Å². The number of aromatic nitrogens is 1. The second-order valence-corrected chi connectivity index (χ2v) is 7.52. The molecule has 0 aliphatic carbocycles. The molecule has 0 bridgehead atoms. The lowest BCUT2D eigenvalue weighted by Crippen LogP contribution is -2.49. The molecule has 8 heteroatoms. The van der Waals surface area contributed by atoms with E-state index in [0.29, 0.717) is 32.5 Å². The molecule has 122 valence electrons. The molecular weight excluding hydrogens is 304 g/mol. The third-order valence-electron chi connectivity index (χ3n) is 3.72. The van der Waals surface area contributed by atoms with E-state index in [1.807, 2.05) is 12.1 Å². The van der Waals surface area contributed by atoms with Crippen LogP contribution < -0.4 is 10.6 Å². The first-order chi connectivity index (χ1) is 10.5. The Labute approximate surface area is 131 Å². The van der Waals surface area contributed by atoms with Gasteiger partial charge in [-0.25, -0.2) is 17.5 Å². The molecule has 0 radical (unpaired) electrons. The molecule has 0 aromatic carbocycles. The predicted octanol–water partition coefficient (Wildman–Crippen LogP) is 0.695. The normalized spacial score (nSPS) is 17.1. The fourth-order valence-corrected chi connectivity index (χ4v) is 3.51. The van der Waals surface area contributed by atoms with Gasteiger partial charge in [0.1, 0.15) is 0 Å². The minimum atomic E-state index is -3.12. The molecule has 2 amide bonds. The van der Waals surface area contributed by atoms with Crippen LogP contribution in [0.1, 0.15) is 25.3 Å². The molecule has 22 heavy (non-hydrogen) atoms. The first kappa shape index (κ1) is 16.7. The number of carbonyl (C=O) groups is 1. The SMILES string of the molecule is CCS(=O)(=O)N1CCC(NC(=O)NCc2cccnc2)CC1. The average molecular weight is 326 g/mol. The lowest BCUT2D eigenvalue weighted by Gasteiger charge is -2.31. The van der Waals surface area contributed by atoms with Gasteiger partial charge >= 0.3 is 6.03 Å². The third kappa shape index (κ3) is 4.67. The third-order valence-corrected chi connectivity index (χ3v) is 5.60. The topological polar surface area (TPSA) is 91.4 Å². The van der Waals surface area contributed by atoms with Gasteiger partial charge in [0, 0.05) is 38.1 Å². The molecule has 0 unspecified atom stereocenters. The fraction of sp³-hybridized carbons (Fsp3) is 0.571. The number of pyridine rings is 1. The standard InChI is InChI=1S/C14H22N4O3S/c1-2-22(20,21)18-8-5-13(6-9-18)17-14(19)16-11-12-4-3-7-15-10-12/h3-4,7,10,13H,2,5-6,8-9,11H2,1H3,(H2,16,17,19). The van der Waals surface area contributed by atoms with E-state index in [-0.39, 0.29) is 17.8 Å². The Balaban J connectivity index is 1.73. The number of hydrogen-bond acceptors (Lipinski definition) is 4. The predicted molar refractivity (Wildman–Crippen MR) is 83.7 cm³/mol. The van der Waals surface area contributed by atoms with Crippen LogP contribution in [0.15, 0.2) is 24.5 Å². The monoisotopic (exact) mass is 326 g/mol. The van der Waals surface area contributed by atoms with Gasteiger partial charge in [-0.15, -0.1) is 0 Å². The van der Waals surface area contributed by atoms with E-state index in [1.54, 1.807) is 19.3 Å². The van der Waals surface area contributed by atoms with Crippen molar-refractivity contribution in [2.45, 2.75) is 32.4 Å². The van der Waals surface area contributed by atoms with Crippen LogP contribution in [0.2, 0.25) is 0 Å². The molecular formula is C14H22N4O3S. The Hall–Kier alpha value is -1.67. The van der Waals surface area contributed by atoms with Crippen molar-refractivity contribution in [1.82, 2.24) is 19.9 Å². The molecule has 1 saturated heterocycles. The summed E-state index contributed by atoms with van der Waals surface area (Å²) < 4.78 is 25.0. The largest absolute Gasteiger partial charge is 0.335 e. The first-order valence-electron chi connectivity index (χ1n) is 7.42. The second kappa shape index (κ2) is 7.55. The van der Waals surface area contributed by atoms with Crippen molar-refractivity contribution in [3.63, 3.8) is 0 Å². The Bertz CT molecular complexity index is 583. The molecule has 2 rings (SSSR count). The lowest BCUT2D eigenvalue weighted by atomic mass is 10.1. The maximum atomic E-state index is 11.8. The number of nitrogens with one attached hydrogen (secondary N) is 2. The molecule has 0 saturated carbocycles. The Morgan fingerprint density at radius 3 is 2.73 bits per heavy atom. The van der Waals surface area contributed by atoms with Crippen molar-refractivity contribution in [1.29, 1.82) is 0 Å². The zero-order valence-corrected chi connectivity index (χ0v) is 13.5. The summed E-state index contributed by atoms with van der Waals surface area (Å²) in [5.41, 5.74) is 0.932. The van der Waals surface area contributed by atoms with Crippen LogP contribution in [-0.4, -0.2) is 48.6 Å². The van der Waals surface area contributed by atoms with Crippen LogP contribution >= 0.6 is 0 Å². The molecule has 1 aromatic heterocycles. The summed E-state index contributed by atoms with van der Waals surface area (Å²) in [6.07, 6.45) is 4.66. The van der Waals surface area contributed by atoms with Crippen LogP contribution in [0.3, 0.4) is 0 Å². The fourth-order valence-electron chi connectivity index (χ4n) is 2.38. The first-order valence-corrected chi connectivity index (χ1v) is 9.03. The summed E-state index contributed by atoms with van der Waals surface area (Å²) in [6.45, 7) is 2.99. The minimum absolute atomic E-state index is 0.0113. The number of sulfonamides is 1. The number of urea groups is 1. The van der Waals surface area contributed by atoms with E-state index in [4.69, 9.17) is 0 Å². The zero-order valence-electron chi connectivity index (χ0n) is 12.7. The highest BCUT2D eigenvalue weighted by atomic mass is 32.2. The van der Waals surface area contributed by atoms with Crippen molar-refractivity contribution in [2.24, 2.45) is 0 Å². The zero-order chi connectivity index (χ0) is 16.0. The molecule has 1 aliphatic heterocycles. The molecule has 1 fully saturated rings. The average Bonchev–Trinajstić information content (AvgIpc) is 2.54. The molecule has 1 aromatic rings. The number of hydrogen-bond donors (Lipinski definition) is 2. The van der Waals surface area contributed by atoms with Gasteiger partial charge in [-0.2, -0.15) is 0 Å². The van der Waals surface area contributed by atoms with Gasteiger partial charge in [0.05, 0.1) is 5.75 Å². The minimum Gasteiger partial charge on any atom is -0.335 e. The van der Waals surface area contributed by atoms with Crippen LogP contribution in [0.25, 0.3) is 0 Å². The van der Waals surface area contributed by atoms with E-state index < -0.39 is 10.0 Å². The summed E-state index contributed by atoms with van der Waals surface area (Å²) in [5, 5.41) is 5.66. The summed E-state index contributed by atoms with van der Waals surface area (Å²) in [4.78, 5) is 15.8. The van der Waals surface area contributed by atoms with Crippen molar-refractivity contribution in [3.05, 3.63) is 30.1 Å². The lowest BCUT2D eigenvalue weighted by molar-refractivity contribution is 0.227. The Morgan fingerprint density at radius 1 is 1.41 bits per heavy atom. The van der Waals surface area contributed by atoms with E-state index in [1.165, 1.54) is 4.31 Å². The van der Waals surface area contributed by atoms with Gasteiger partial charge in [0.2, 0.25) is 10.0 Å². The maximum absolute atomic E-state index is 11.8. The van der Waals surface area contributed by atoms with Crippen LogP contribution in [0.5, 0.6) is 0 Å². The second-order valence-electron chi connectivity index (χ2n) is 5.26. The van der Waals surface area contributed by atoms with Crippen molar-refractivity contribution in [3.8, 4) is 0 Å².